The van der Waals surface area contributed by atoms with Crippen molar-refractivity contribution in [1.29, 1.82) is 0 Å². The van der Waals surface area contributed by atoms with Gasteiger partial charge in [-0.2, -0.15) is 0 Å². The van der Waals surface area contributed by atoms with Gasteiger partial charge in [0.25, 0.3) is 11.6 Å². The van der Waals surface area contributed by atoms with Crippen molar-refractivity contribution >= 4 is 49.9 Å². The zero-order valence-corrected chi connectivity index (χ0v) is 19.2. The third-order valence-electron chi connectivity index (χ3n) is 5.51. The van der Waals surface area contributed by atoms with Crippen LogP contribution in [0, 0.1) is 33.5 Å². The summed E-state index contributed by atoms with van der Waals surface area (Å²) < 4.78 is 45.4. The van der Waals surface area contributed by atoms with Gasteiger partial charge in [0, 0.05) is 19.2 Å². The second kappa shape index (κ2) is 9.86. The Kier molecular flexibility index (Phi) is 6.87. The molecule has 4 rings (SSSR count). The van der Waals surface area contributed by atoms with Gasteiger partial charge in [-0.3, -0.25) is 20.2 Å². The number of carbonyl (C=O) groups excluding carboxylic acids is 2. The SMILES string of the molecule is CC1CCCN(c2ccc(C(=O)OCC(=O)Nc3nc4c(F)c(F)c(F)cc4s3)cc2[N+](=O)[O-])C1. The number of nitrogens with one attached hydrogen (secondary N) is 1. The number of benzene rings is 2. The Bertz CT molecular complexity index is 1330. The van der Waals surface area contributed by atoms with Crippen LogP contribution < -0.4 is 10.2 Å². The van der Waals surface area contributed by atoms with E-state index >= 15 is 0 Å². The number of hydrogen-bond acceptors (Lipinski definition) is 8. The van der Waals surface area contributed by atoms with Gasteiger partial charge in [-0.05, 0) is 37.0 Å². The van der Waals surface area contributed by atoms with Gasteiger partial charge in [0.2, 0.25) is 0 Å². The van der Waals surface area contributed by atoms with E-state index in [1.165, 1.54) is 12.1 Å². The van der Waals surface area contributed by atoms with Crippen molar-refractivity contribution in [3.05, 3.63) is 57.4 Å². The van der Waals surface area contributed by atoms with Gasteiger partial charge in [0.15, 0.2) is 29.2 Å². The maximum Gasteiger partial charge on any atom is 0.338 e. The molecule has 1 N–H and O–H groups in total. The number of fused-ring (bicyclic) bond motifs is 1. The van der Waals surface area contributed by atoms with Gasteiger partial charge >= 0.3 is 5.97 Å². The van der Waals surface area contributed by atoms with Crippen molar-refractivity contribution in [3.8, 4) is 0 Å². The molecule has 0 aliphatic carbocycles. The van der Waals surface area contributed by atoms with E-state index in [-0.39, 0.29) is 21.1 Å². The number of halogens is 3. The third kappa shape index (κ3) is 5.19. The van der Waals surface area contributed by atoms with E-state index in [4.69, 9.17) is 4.74 Å². The van der Waals surface area contributed by atoms with Crippen LogP contribution in [0.5, 0.6) is 0 Å². The molecule has 2 aromatic carbocycles. The van der Waals surface area contributed by atoms with Gasteiger partial charge in [-0.1, -0.05) is 18.3 Å². The molecule has 1 atom stereocenters. The summed E-state index contributed by atoms with van der Waals surface area (Å²) in [5.74, 6) is -5.96. The zero-order valence-electron chi connectivity index (χ0n) is 18.3. The van der Waals surface area contributed by atoms with Crippen LogP contribution in [0.1, 0.15) is 30.1 Å². The van der Waals surface area contributed by atoms with Crippen LogP contribution in [0.3, 0.4) is 0 Å². The molecule has 0 spiro atoms. The van der Waals surface area contributed by atoms with Crippen molar-refractivity contribution in [2.75, 3.05) is 29.9 Å². The van der Waals surface area contributed by atoms with E-state index in [0.29, 0.717) is 36.0 Å². The lowest BCUT2D eigenvalue weighted by atomic mass is 9.99. The van der Waals surface area contributed by atoms with Gasteiger partial charge in [-0.15, -0.1) is 0 Å². The van der Waals surface area contributed by atoms with Crippen LogP contribution in [0.15, 0.2) is 24.3 Å². The highest BCUT2D eigenvalue weighted by molar-refractivity contribution is 7.22. The molecule has 0 radical (unpaired) electrons. The van der Waals surface area contributed by atoms with Gasteiger partial charge < -0.3 is 9.64 Å². The molecule has 0 saturated carbocycles. The van der Waals surface area contributed by atoms with Crippen molar-refractivity contribution < 1.29 is 32.4 Å². The molecule has 184 valence electrons. The average Bonchev–Trinajstić information content (AvgIpc) is 3.22. The molecule has 3 aromatic rings. The molecule has 1 amide bonds. The van der Waals surface area contributed by atoms with Crippen LogP contribution in [0.4, 0.5) is 29.7 Å². The van der Waals surface area contributed by atoms with Gasteiger partial charge in [0.05, 0.1) is 15.2 Å². The highest BCUT2D eigenvalue weighted by Crippen LogP contribution is 2.33. The number of hydrogen-bond donors (Lipinski definition) is 1. The largest absolute Gasteiger partial charge is 0.452 e. The maximum absolute atomic E-state index is 13.8. The standard InChI is InChI=1S/C22H19F3N4O5S/c1-11-3-2-6-28(9-11)14-5-4-12(7-15(14)29(32)33)21(31)34-10-17(30)26-22-27-20-16(35-22)8-13(23)18(24)19(20)25/h4-5,7-8,11H,2-3,6,9-10H2,1H3,(H,26,27,30). The zero-order chi connectivity index (χ0) is 25.3. The van der Waals surface area contributed by atoms with Crippen LogP contribution in [0.2, 0.25) is 0 Å². The van der Waals surface area contributed by atoms with Crippen molar-refractivity contribution in [3.63, 3.8) is 0 Å². The number of ether oxygens (including phenoxy) is 1. The Balaban J connectivity index is 1.42. The van der Waals surface area contributed by atoms with Gasteiger partial charge in [0.1, 0.15) is 11.2 Å². The number of piperidine rings is 1. The molecular weight excluding hydrogens is 489 g/mol. The van der Waals surface area contributed by atoms with E-state index in [0.717, 1.165) is 25.0 Å². The van der Waals surface area contributed by atoms with Crippen LogP contribution in [-0.4, -0.2) is 41.5 Å². The lowest BCUT2D eigenvalue weighted by molar-refractivity contribution is -0.384. The lowest BCUT2D eigenvalue weighted by Gasteiger charge is -2.32. The summed E-state index contributed by atoms with van der Waals surface area (Å²) in [6.07, 6.45) is 1.94. The number of anilines is 2. The molecule has 0 bridgehead atoms. The fraction of sp³-hybridized carbons (Fsp3) is 0.318. The summed E-state index contributed by atoms with van der Waals surface area (Å²) in [5.41, 5.74) is -0.385. The lowest BCUT2D eigenvalue weighted by Crippen LogP contribution is -2.34. The fourth-order valence-electron chi connectivity index (χ4n) is 3.87. The first-order valence-electron chi connectivity index (χ1n) is 10.6. The average molecular weight is 508 g/mol. The summed E-state index contributed by atoms with van der Waals surface area (Å²) in [4.78, 5) is 41.2. The normalized spacial score (nSPS) is 15.8. The molecule has 1 aliphatic rings. The topological polar surface area (TPSA) is 115 Å². The molecular formula is C22H19F3N4O5S. The Morgan fingerprint density at radius 1 is 1.29 bits per heavy atom. The summed E-state index contributed by atoms with van der Waals surface area (Å²) in [6, 6.07) is 4.73. The predicted octanol–water partition coefficient (Wildman–Crippen LogP) is 4.65. The molecule has 13 heteroatoms. The predicted molar refractivity (Wildman–Crippen MR) is 122 cm³/mol. The smallest absolute Gasteiger partial charge is 0.338 e. The number of nitro groups is 1. The second-order valence-corrected chi connectivity index (χ2v) is 9.16. The van der Waals surface area contributed by atoms with E-state index in [2.05, 4.69) is 17.2 Å². The molecule has 1 aromatic heterocycles. The number of esters is 1. The fourth-order valence-corrected chi connectivity index (χ4v) is 4.77. The first-order valence-corrected chi connectivity index (χ1v) is 11.4. The first-order chi connectivity index (χ1) is 16.6. The summed E-state index contributed by atoms with van der Waals surface area (Å²) in [6.45, 7) is 2.64. The second-order valence-electron chi connectivity index (χ2n) is 8.13. The maximum atomic E-state index is 13.8. The number of rotatable bonds is 6. The van der Waals surface area contributed by atoms with Gasteiger partial charge in [-0.25, -0.2) is 22.9 Å². The first kappa shape index (κ1) is 24.4. The number of aromatic nitrogens is 1. The van der Waals surface area contributed by atoms with E-state index < -0.39 is 46.4 Å². The Labute approximate surface area is 200 Å². The summed E-state index contributed by atoms with van der Waals surface area (Å²) in [5, 5.41) is 13.7. The molecule has 1 saturated heterocycles. The minimum atomic E-state index is -1.68. The molecule has 2 heterocycles. The molecule has 9 nitrogen and oxygen atoms in total. The number of nitro benzene ring substituents is 1. The van der Waals surface area contributed by atoms with E-state index in [1.807, 2.05) is 4.90 Å². The Hall–Kier alpha value is -3.74. The summed E-state index contributed by atoms with van der Waals surface area (Å²) in [7, 11) is 0. The number of thiazole rings is 1. The van der Waals surface area contributed by atoms with Crippen LogP contribution in [0.25, 0.3) is 10.2 Å². The third-order valence-corrected chi connectivity index (χ3v) is 6.43. The molecule has 1 aliphatic heterocycles. The number of nitrogens with zero attached hydrogens (tertiary/aromatic N) is 3. The monoisotopic (exact) mass is 508 g/mol. The van der Waals surface area contributed by atoms with E-state index in [1.54, 1.807) is 0 Å². The minimum absolute atomic E-state index is 0.0239. The number of amides is 1. The Morgan fingerprint density at radius 3 is 2.77 bits per heavy atom. The molecule has 35 heavy (non-hydrogen) atoms. The molecule has 1 fully saturated rings. The minimum Gasteiger partial charge on any atom is -0.452 e. The van der Waals surface area contributed by atoms with Crippen LogP contribution >= 0.6 is 11.3 Å². The highest BCUT2D eigenvalue weighted by atomic mass is 32.1. The van der Waals surface area contributed by atoms with Crippen LogP contribution in [-0.2, 0) is 9.53 Å². The van der Waals surface area contributed by atoms with Crippen molar-refractivity contribution in [2.24, 2.45) is 5.92 Å². The van der Waals surface area contributed by atoms with Crippen molar-refractivity contribution in [1.82, 2.24) is 4.98 Å². The quantitative estimate of drug-likeness (QED) is 0.223. The van der Waals surface area contributed by atoms with E-state index in [9.17, 15) is 32.9 Å². The highest BCUT2D eigenvalue weighted by Gasteiger charge is 2.26. The summed E-state index contributed by atoms with van der Waals surface area (Å²) >= 11 is 0.704. The van der Waals surface area contributed by atoms with Crippen molar-refractivity contribution in [2.45, 2.75) is 19.8 Å². The number of carbonyl (C=O) groups is 2. The molecule has 1 unspecified atom stereocenters. The Morgan fingerprint density at radius 2 is 2.06 bits per heavy atom.